The van der Waals surface area contributed by atoms with E-state index in [0.717, 1.165) is 43.1 Å². The maximum Gasteiger partial charge on any atom is 0.309 e. The summed E-state index contributed by atoms with van der Waals surface area (Å²) >= 11 is 0. The molecule has 5 atom stereocenters. The molecular formula is C42H43F2N5O5. The smallest absolute Gasteiger partial charge is 0.309 e. The summed E-state index contributed by atoms with van der Waals surface area (Å²) in [5.74, 6) is -3.93. The lowest BCUT2D eigenvalue weighted by atomic mass is 9.86. The van der Waals surface area contributed by atoms with Gasteiger partial charge >= 0.3 is 5.97 Å². The van der Waals surface area contributed by atoms with Crippen molar-refractivity contribution in [2.45, 2.75) is 69.6 Å². The number of nitrogens with one attached hydrogen (secondary N) is 1. The molecule has 12 heteroatoms. The van der Waals surface area contributed by atoms with Crippen molar-refractivity contribution in [1.29, 1.82) is 0 Å². The number of rotatable bonds is 7. The summed E-state index contributed by atoms with van der Waals surface area (Å²) in [5, 5.41) is 26.4. The van der Waals surface area contributed by atoms with Crippen LogP contribution in [0.2, 0.25) is 0 Å². The third-order valence-corrected chi connectivity index (χ3v) is 11.0. The highest BCUT2D eigenvalue weighted by Crippen LogP contribution is 2.42. The van der Waals surface area contributed by atoms with Gasteiger partial charge in [0.15, 0.2) is 11.5 Å². The number of carbonyl (C=O) groups excluding carboxylic acids is 1. The number of benzene rings is 3. The number of fused-ring (bicyclic) bond motifs is 3. The molecule has 280 valence electrons. The predicted molar refractivity (Wildman–Crippen MR) is 200 cm³/mol. The zero-order chi connectivity index (χ0) is 37.9. The Morgan fingerprint density at radius 3 is 2.50 bits per heavy atom. The first-order chi connectivity index (χ1) is 26.1. The maximum atomic E-state index is 14.0. The molecule has 54 heavy (non-hydrogen) atoms. The molecule has 1 amide bonds. The summed E-state index contributed by atoms with van der Waals surface area (Å²) in [7, 11) is 0. The van der Waals surface area contributed by atoms with Crippen molar-refractivity contribution in [2.24, 2.45) is 5.92 Å². The van der Waals surface area contributed by atoms with Crippen LogP contribution in [0.4, 0.5) is 14.5 Å². The predicted octanol–water partition coefficient (Wildman–Crippen LogP) is 6.82. The van der Waals surface area contributed by atoms with Gasteiger partial charge in [0.2, 0.25) is 0 Å². The summed E-state index contributed by atoms with van der Waals surface area (Å²) in [5.41, 5.74) is 14.7. The lowest BCUT2D eigenvalue weighted by Crippen LogP contribution is -2.58. The molecule has 3 heterocycles. The molecule has 1 saturated carbocycles. The topological polar surface area (TPSA) is 155 Å². The number of pyridine rings is 1. The number of carboxylic acids is 1. The molecular weight excluding hydrogens is 692 g/mol. The molecule has 2 aliphatic carbocycles. The molecule has 1 saturated heterocycles. The largest absolute Gasteiger partial charge is 0.481 e. The van der Waals surface area contributed by atoms with Crippen LogP contribution in [0.5, 0.6) is 0 Å². The minimum absolute atomic E-state index is 0.0384. The number of nitrogens with zero attached hydrogens (tertiary/aromatic N) is 3. The lowest BCUT2D eigenvalue weighted by Gasteiger charge is -2.43. The number of anilines is 1. The number of aliphatic carboxylic acids is 1. The van der Waals surface area contributed by atoms with Gasteiger partial charge in [-0.15, -0.1) is 0 Å². The van der Waals surface area contributed by atoms with Gasteiger partial charge < -0.3 is 25.8 Å². The molecule has 2 fully saturated rings. The number of carboxylic acid groups (broad SMARTS) is 1. The molecule has 5 aromatic rings. The Morgan fingerprint density at radius 1 is 0.963 bits per heavy atom. The Balaban J connectivity index is 0.000000178. The average Bonchev–Trinajstić information content (AvgIpc) is 3.82. The van der Waals surface area contributed by atoms with Crippen molar-refractivity contribution in [2.75, 3.05) is 18.8 Å². The van der Waals surface area contributed by atoms with Gasteiger partial charge in [0.05, 0.1) is 17.6 Å². The molecule has 3 aliphatic rings. The highest BCUT2D eigenvalue weighted by molar-refractivity contribution is 5.93. The molecule has 1 aliphatic heterocycles. The Bertz CT molecular complexity index is 2140. The first-order valence-electron chi connectivity index (χ1n) is 18.4. The van der Waals surface area contributed by atoms with E-state index >= 15 is 0 Å². The van der Waals surface area contributed by atoms with Gasteiger partial charge in [0, 0.05) is 67.2 Å². The van der Waals surface area contributed by atoms with Gasteiger partial charge in [0.1, 0.15) is 11.6 Å². The Kier molecular flexibility index (Phi) is 10.8. The number of carbonyl (C=O) groups is 2. The van der Waals surface area contributed by atoms with Gasteiger partial charge in [-0.1, -0.05) is 67.4 Å². The number of aliphatic hydroxyl groups is 1. The Morgan fingerprint density at radius 2 is 1.74 bits per heavy atom. The third kappa shape index (κ3) is 7.62. The second-order valence-corrected chi connectivity index (χ2v) is 14.3. The average molecular weight is 736 g/mol. The summed E-state index contributed by atoms with van der Waals surface area (Å²) in [6.07, 6.45) is 6.21. The SMILES string of the molecule is C[C@@H](c1ccccn1)c1ccc2c(c1N)Cc1ccccc1-2.O=C(N[C@H]1CCN([C@@H]2CCCC[C@H]2O)C[C@@H]1C(=O)O)c1cc(-c2ccc(F)cc2F)on1. The number of aliphatic hydroxyl groups excluding tert-OH is 1. The van der Waals surface area contributed by atoms with Crippen LogP contribution < -0.4 is 11.1 Å². The van der Waals surface area contributed by atoms with Crippen LogP contribution in [0.25, 0.3) is 22.5 Å². The highest BCUT2D eigenvalue weighted by atomic mass is 19.1. The molecule has 0 radical (unpaired) electrons. The second-order valence-electron chi connectivity index (χ2n) is 14.3. The van der Waals surface area contributed by atoms with Gasteiger partial charge in [-0.2, -0.15) is 0 Å². The van der Waals surface area contributed by atoms with Crippen LogP contribution in [0.15, 0.2) is 89.6 Å². The highest BCUT2D eigenvalue weighted by Gasteiger charge is 2.40. The monoisotopic (exact) mass is 735 g/mol. The molecule has 0 unspecified atom stereocenters. The third-order valence-electron chi connectivity index (χ3n) is 11.0. The number of aromatic nitrogens is 2. The van der Waals surface area contributed by atoms with Gasteiger partial charge in [-0.3, -0.25) is 19.5 Å². The number of piperidine rings is 1. The number of halogens is 2. The molecule has 2 aromatic heterocycles. The van der Waals surface area contributed by atoms with Crippen LogP contribution >= 0.6 is 0 Å². The van der Waals surface area contributed by atoms with Crippen LogP contribution in [0, 0.1) is 17.6 Å². The van der Waals surface area contributed by atoms with E-state index in [-0.39, 0.29) is 35.5 Å². The van der Waals surface area contributed by atoms with Crippen molar-refractivity contribution >= 4 is 17.6 Å². The maximum absolute atomic E-state index is 14.0. The summed E-state index contributed by atoms with van der Waals surface area (Å²) in [4.78, 5) is 31.1. The van der Waals surface area contributed by atoms with E-state index in [4.69, 9.17) is 10.3 Å². The van der Waals surface area contributed by atoms with Gasteiger partial charge in [0.25, 0.3) is 5.91 Å². The quantitative estimate of drug-likeness (QED) is 0.129. The lowest BCUT2D eigenvalue weighted by molar-refractivity contribution is -0.145. The fourth-order valence-corrected chi connectivity index (χ4v) is 8.08. The van der Waals surface area contributed by atoms with Crippen LogP contribution in [-0.4, -0.2) is 68.4 Å². The molecule has 3 aromatic carbocycles. The van der Waals surface area contributed by atoms with E-state index in [9.17, 15) is 28.6 Å². The number of nitrogens with two attached hydrogens (primary N) is 1. The van der Waals surface area contributed by atoms with Crippen LogP contribution in [0.3, 0.4) is 0 Å². The second kappa shape index (κ2) is 15.9. The molecule has 0 bridgehead atoms. The summed E-state index contributed by atoms with van der Waals surface area (Å²) in [6, 6.07) is 22.5. The van der Waals surface area contributed by atoms with Gasteiger partial charge in [-0.25, -0.2) is 8.78 Å². The minimum atomic E-state index is -1.03. The fraction of sp³-hybridized carbons (Fsp3) is 0.333. The molecule has 10 nitrogen and oxygen atoms in total. The van der Waals surface area contributed by atoms with Crippen molar-refractivity contribution < 1.29 is 33.1 Å². The van der Waals surface area contributed by atoms with Crippen LogP contribution in [0.1, 0.15) is 77.8 Å². The van der Waals surface area contributed by atoms with E-state index in [0.29, 0.717) is 25.5 Å². The van der Waals surface area contributed by atoms with E-state index in [1.807, 2.05) is 23.2 Å². The van der Waals surface area contributed by atoms with Crippen molar-refractivity contribution in [3.8, 4) is 22.5 Å². The standard InChI is InChI=1S/C22H25F2N3O5.C20H18N2/c23-12-5-6-13(15(24)9-12)20-10-17(26-32-20)21(29)25-16-7-8-27(11-14(16)22(30)31)18-3-1-2-4-19(18)28;1-13(19-8-4-5-11-22-19)15-9-10-17-16-7-3-2-6-14(16)12-18(17)20(15)21/h5-6,9-10,14,16,18-19,28H,1-4,7-8,11H2,(H,25,29)(H,30,31);2-11,13H,12,21H2,1H3/t14-,16-,18+,19+;13-/m01/s1. The first kappa shape index (κ1) is 36.9. The zero-order valence-electron chi connectivity index (χ0n) is 29.9. The fourth-order valence-electron chi connectivity index (χ4n) is 8.08. The number of hydrogen-bond acceptors (Lipinski definition) is 8. The molecule has 8 rings (SSSR count). The molecule has 0 spiro atoms. The van der Waals surface area contributed by atoms with E-state index < -0.39 is 41.6 Å². The number of amides is 1. The van der Waals surface area contributed by atoms with E-state index in [1.165, 1.54) is 39.9 Å². The van der Waals surface area contributed by atoms with E-state index in [1.54, 1.807) is 0 Å². The van der Waals surface area contributed by atoms with Gasteiger partial charge in [-0.05, 0) is 71.3 Å². The van der Waals surface area contributed by atoms with Crippen molar-refractivity contribution in [3.05, 3.63) is 125 Å². The number of hydrogen-bond donors (Lipinski definition) is 4. The Hall–Kier alpha value is -5.46. The summed E-state index contributed by atoms with van der Waals surface area (Å²) in [6.45, 7) is 2.96. The van der Waals surface area contributed by atoms with E-state index in [2.05, 4.69) is 64.8 Å². The first-order valence-corrected chi connectivity index (χ1v) is 18.4. The zero-order valence-corrected chi connectivity index (χ0v) is 29.9. The van der Waals surface area contributed by atoms with Crippen LogP contribution in [-0.2, 0) is 11.2 Å². The minimum Gasteiger partial charge on any atom is -0.481 e. The van der Waals surface area contributed by atoms with Crippen molar-refractivity contribution in [1.82, 2.24) is 20.4 Å². The normalized spacial score (nSPS) is 21.3. The molecule has 5 N–H and O–H groups in total. The number of nitrogen functional groups attached to an aromatic ring is 1. The summed E-state index contributed by atoms with van der Waals surface area (Å²) < 4.78 is 32.1. The Labute approximate surface area is 312 Å². The van der Waals surface area contributed by atoms with Crippen molar-refractivity contribution in [3.63, 3.8) is 0 Å². The number of likely N-dealkylation sites (tertiary alicyclic amines) is 1.